The van der Waals surface area contributed by atoms with Crippen LogP contribution in [0.2, 0.25) is 0 Å². The van der Waals surface area contributed by atoms with Crippen LogP contribution in [-0.2, 0) is 19.6 Å². The van der Waals surface area contributed by atoms with Gasteiger partial charge in [-0.15, -0.1) is 0 Å². The third-order valence-electron chi connectivity index (χ3n) is 3.83. The van der Waals surface area contributed by atoms with Crippen molar-refractivity contribution < 1.29 is 22.7 Å². The van der Waals surface area contributed by atoms with Crippen LogP contribution in [0.15, 0.2) is 53.7 Å². The van der Waals surface area contributed by atoms with E-state index < -0.39 is 16.0 Å². The standard InChI is InChI=1S/C19H23N3O5S/c1-4-27-18(23)13-22(14(2)3)19(24)15-5-7-17(8-6-15)28(25,26)21-16-9-11-20-12-10-16/h5-12,14H,4,13H2,1-3H3,(H,20,21). The summed E-state index contributed by atoms with van der Waals surface area (Å²) in [6, 6.07) is 8.37. The lowest BCUT2D eigenvalue weighted by Crippen LogP contribution is -2.41. The van der Waals surface area contributed by atoms with E-state index in [-0.39, 0.29) is 35.6 Å². The number of pyridine rings is 1. The summed E-state index contributed by atoms with van der Waals surface area (Å²) in [5.41, 5.74) is 0.663. The smallest absolute Gasteiger partial charge is 0.325 e. The van der Waals surface area contributed by atoms with E-state index in [1.165, 1.54) is 53.7 Å². The van der Waals surface area contributed by atoms with Gasteiger partial charge in [0.05, 0.1) is 17.2 Å². The van der Waals surface area contributed by atoms with Gasteiger partial charge in [0.2, 0.25) is 0 Å². The minimum absolute atomic E-state index is 0.0161. The van der Waals surface area contributed by atoms with Crippen molar-refractivity contribution in [1.82, 2.24) is 9.88 Å². The second-order valence-electron chi connectivity index (χ2n) is 6.20. The van der Waals surface area contributed by atoms with Crippen LogP contribution in [0.3, 0.4) is 0 Å². The Bertz CT molecular complexity index is 912. The Labute approximate surface area is 164 Å². The molecule has 0 radical (unpaired) electrons. The number of nitrogens with one attached hydrogen (secondary N) is 1. The van der Waals surface area contributed by atoms with Gasteiger partial charge in [0, 0.05) is 24.0 Å². The number of rotatable bonds is 8. The van der Waals surface area contributed by atoms with Crippen LogP contribution in [0.1, 0.15) is 31.1 Å². The van der Waals surface area contributed by atoms with E-state index in [1.807, 2.05) is 0 Å². The first kappa shape index (κ1) is 21.4. The molecule has 8 nitrogen and oxygen atoms in total. The summed E-state index contributed by atoms with van der Waals surface area (Å²) in [5.74, 6) is -0.876. The molecule has 1 aromatic heterocycles. The van der Waals surface area contributed by atoms with Gasteiger partial charge in [-0.05, 0) is 57.2 Å². The van der Waals surface area contributed by atoms with E-state index in [9.17, 15) is 18.0 Å². The summed E-state index contributed by atoms with van der Waals surface area (Å²) in [5, 5.41) is 0. The molecule has 1 amide bonds. The molecule has 0 aliphatic rings. The number of ether oxygens (including phenoxy) is 1. The van der Waals surface area contributed by atoms with E-state index in [4.69, 9.17) is 4.74 Å². The number of hydrogen-bond acceptors (Lipinski definition) is 6. The van der Waals surface area contributed by atoms with Crippen molar-refractivity contribution in [1.29, 1.82) is 0 Å². The second-order valence-corrected chi connectivity index (χ2v) is 7.88. The maximum atomic E-state index is 12.7. The van der Waals surface area contributed by atoms with Gasteiger partial charge in [0.15, 0.2) is 0 Å². The molecule has 0 atom stereocenters. The SMILES string of the molecule is CCOC(=O)CN(C(=O)c1ccc(S(=O)(=O)Nc2ccncc2)cc1)C(C)C. The average Bonchev–Trinajstić information content (AvgIpc) is 2.66. The third-order valence-corrected chi connectivity index (χ3v) is 5.23. The molecule has 28 heavy (non-hydrogen) atoms. The van der Waals surface area contributed by atoms with E-state index in [2.05, 4.69) is 9.71 Å². The number of benzene rings is 1. The normalized spacial score (nSPS) is 11.1. The fourth-order valence-corrected chi connectivity index (χ4v) is 3.47. The molecule has 0 saturated heterocycles. The molecule has 0 bridgehead atoms. The largest absolute Gasteiger partial charge is 0.465 e. The topological polar surface area (TPSA) is 106 Å². The lowest BCUT2D eigenvalue weighted by atomic mass is 10.1. The summed E-state index contributed by atoms with van der Waals surface area (Å²) in [7, 11) is -3.80. The summed E-state index contributed by atoms with van der Waals surface area (Å²) >= 11 is 0. The van der Waals surface area contributed by atoms with E-state index >= 15 is 0 Å². The number of hydrogen-bond donors (Lipinski definition) is 1. The van der Waals surface area contributed by atoms with Crippen molar-refractivity contribution in [2.24, 2.45) is 0 Å². The van der Waals surface area contributed by atoms with Gasteiger partial charge in [-0.2, -0.15) is 0 Å². The lowest BCUT2D eigenvalue weighted by Gasteiger charge is -2.25. The Hall–Kier alpha value is -2.94. The number of aromatic nitrogens is 1. The number of anilines is 1. The second kappa shape index (κ2) is 9.32. The Morgan fingerprint density at radius 2 is 1.71 bits per heavy atom. The van der Waals surface area contributed by atoms with Crippen molar-refractivity contribution in [2.45, 2.75) is 31.7 Å². The molecular weight excluding hydrogens is 382 g/mol. The number of carbonyl (C=O) groups is 2. The lowest BCUT2D eigenvalue weighted by molar-refractivity contribution is -0.144. The van der Waals surface area contributed by atoms with Gasteiger partial charge in [-0.3, -0.25) is 19.3 Å². The van der Waals surface area contributed by atoms with Crippen molar-refractivity contribution in [3.8, 4) is 0 Å². The van der Waals surface area contributed by atoms with Gasteiger partial charge in [-0.25, -0.2) is 8.42 Å². The number of amides is 1. The van der Waals surface area contributed by atoms with E-state index in [0.29, 0.717) is 5.69 Å². The maximum Gasteiger partial charge on any atom is 0.325 e. The zero-order valence-electron chi connectivity index (χ0n) is 16.0. The van der Waals surface area contributed by atoms with Gasteiger partial charge in [-0.1, -0.05) is 0 Å². The van der Waals surface area contributed by atoms with Crippen LogP contribution in [0, 0.1) is 0 Å². The number of nitrogens with zero attached hydrogens (tertiary/aromatic N) is 2. The van der Waals surface area contributed by atoms with Crippen molar-refractivity contribution >= 4 is 27.6 Å². The highest BCUT2D eigenvalue weighted by atomic mass is 32.2. The van der Waals surface area contributed by atoms with Gasteiger partial charge < -0.3 is 9.64 Å². The molecule has 1 heterocycles. The Balaban J connectivity index is 2.17. The Morgan fingerprint density at radius 1 is 1.11 bits per heavy atom. The predicted octanol–water partition coefficient (Wildman–Crippen LogP) is 2.30. The zero-order valence-corrected chi connectivity index (χ0v) is 16.8. The number of esters is 1. The van der Waals surface area contributed by atoms with Crippen LogP contribution in [0.5, 0.6) is 0 Å². The number of sulfonamides is 1. The van der Waals surface area contributed by atoms with Crippen molar-refractivity contribution in [3.63, 3.8) is 0 Å². The summed E-state index contributed by atoms with van der Waals surface area (Å²) in [4.78, 5) is 29.7. The molecule has 150 valence electrons. The van der Waals surface area contributed by atoms with Crippen LogP contribution < -0.4 is 4.72 Å². The highest BCUT2D eigenvalue weighted by Gasteiger charge is 2.23. The first-order valence-corrected chi connectivity index (χ1v) is 10.2. The van der Waals surface area contributed by atoms with Crippen LogP contribution >= 0.6 is 0 Å². The summed E-state index contributed by atoms with van der Waals surface area (Å²) in [6.07, 6.45) is 2.95. The van der Waals surface area contributed by atoms with Crippen LogP contribution in [0.4, 0.5) is 5.69 Å². The zero-order chi connectivity index (χ0) is 20.7. The monoisotopic (exact) mass is 405 g/mol. The molecule has 0 unspecified atom stereocenters. The van der Waals surface area contributed by atoms with Gasteiger partial charge in [0.1, 0.15) is 6.54 Å². The fourth-order valence-electron chi connectivity index (χ4n) is 2.41. The third kappa shape index (κ3) is 5.53. The minimum Gasteiger partial charge on any atom is -0.465 e. The quantitative estimate of drug-likeness (QED) is 0.676. The Kier molecular flexibility index (Phi) is 7.11. The van der Waals surface area contributed by atoms with E-state index in [0.717, 1.165) is 0 Å². The molecule has 0 aliphatic heterocycles. The van der Waals surface area contributed by atoms with Crippen LogP contribution in [-0.4, -0.2) is 49.4 Å². The first-order chi connectivity index (χ1) is 13.2. The molecule has 1 N–H and O–H groups in total. The molecule has 2 aromatic rings. The van der Waals surface area contributed by atoms with Crippen molar-refractivity contribution in [2.75, 3.05) is 17.9 Å². The highest BCUT2D eigenvalue weighted by molar-refractivity contribution is 7.92. The minimum atomic E-state index is -3.80. The van der Waals surface area contributed by atoms with E-state index in [1.54, 1.807) is 20.8 Å². The highest BCUT2D eigenvalue weighted by Crippen LogP contribution is 2.17. The average molecular weight is 405 g/mol. The van der Waals surface area contributed by atoms with Gasteiger partial charge in [0.25, 0.3) is 15.9 Å². The molecule has 0 aliphatic carbocycles. The molecule has 1 aromatic carbocycles. The number of carbonyl (C=O) groups excluding carboxylic acids is 2. The molecule has 2 rings (SSSR count). The summed E-state index contributed by atoms with van der Waals surface area (Å²) in [6.45, 7) is 5.33. The van der Waals surface area contributed by atoms with Crippen LogP contribution in [0.25, 0.3) is 0 Å². The van der Waals surface area contributed by atoms with Crippen molar-refractivity contribution in [3.05, 3.63) is 54.4 Å². The molecular formula is C19H23N3O5S. The molecule has 9 heteroatoms. The molecule has 0 saturated carbocycles. The Morgan fingerprint density at radius 3 is 2.25 bits per heavy atom. The fraction of sp³-hybridized carbons (Fsp3) is 0.316. The predicted molar refractivity (Wildman–Crippen MR) is 104 cm³/mol. The van der Waals surface area contributed by atoms with Gasteiger partial charge >= 0.3 is 5.97 Å². The first-order valence-electron chi connectivity index (χ1n) is 8.74. The summed E-state index contributed by atoms with van der Waals surface area (Å²) < 4.78 is 32.3. The maximum absolute atomic E-state index is 12.7. The molecule has 0 fully saturated rings. The molecule has 0 spiro atoms.